The summed E-state index contributed by atoms with van der Waals surface area (Å²) in [6, 6.07) is 5.95. The van der Waals surface area contributed by atoms with Gasteiger partial charge in [-0.2, -0.15) is 0 Å². The number of hydrogen-bond donors (Lipinski definition) is 2. The van der Waals surface area contributed by atoms with Crippen LogP contribution >= 0.6 is 0 Å². The van der Waals surface area contributed by atoms with E-state index in [-0.39, 0.29) is 12.1 Å². The van der Waals surface area contributed by atoms with Crippen LogP contribution in [0.2, 0.25) is 0 Å². The number of aryl methyl sites for hydroxylation is 1. The molecule has 0 unspecified atom stereocenters. The van der Waals surface area contributed by atoms with Gasteiger partial charge in [0.25, 0.3) is 0 Å². The Morgan fingerprint density at radius 2 is 2.27 bits per heavy atom. The smallest absolute Gasteiger partial charge is 0.317 e. The SMILES string of the molecule is CO[C@H](C)CCNC(=O)N(C)Cc1nc2ccc(C)cc2[nH]1. The Balaban J connectivity index is 1.89. The minimum atomic E-state index is -0.111. The summed E-state index contributed by atoms with van der Waals surface area (Å²) in [6.07, 6.45) is 0.934. The van der Waals surface area contributed by atoms with Crippen LogP contribution < -0.4 is 5.32 Å². The molecule has 22 heavy (non-hydrogen) atoms. The first-order valence-corrected chi connectivity index (χ1v) is 7.46. The summed E-state index contributed by atoms with van der Waals surface area (Å²) in [5.41, 5.74) is 3.10. The lowest BCUT2D eigenvalue weighted by molar-refractivity contribution is 0.111. The Hall–Kier alpha value is -2.08. The molecule has 6 heteroatoms. The number of carbonyl (C=O) groups is 1. The molecule has 0 aliphatic heterocycles. The van der Waals surface area contributed by atoms with E-state index in [1.165, 1.54) is 5.56 Å². The molecular weight excluding hydrogens is 280 g/mol. The highest BCUT2D eigenvalue weighted by Crippen LogP contribution is 2.14. The van der Waals surface area contributed by atoms with Crippen LogP contribution in [-0.2, 0) is 11.3 Å². The second-order valence-corrected chi connectivity index (χ2v) is 5.63. The van der Waals surface area contributed by atoms with Gasteiger partial charge < -0.3 is 19.9 Å². The van der Waals surface area contributed by atoms with Crippen LogP contribution in [-0.4, -0.2) is 47.7 Å². The average molecular weight is 304 g/mol. The van der Waals surface area contributed by atoms with Crippen molar-refractivity contribution in [1.82, 2.24) is 20.2 Å². The lowest BCUT2D eigenvalue weighted by Gasteiger charge is -2.17. The van der Waals surface area contributed by atoms with Crippen LogP contribution in [0, 0.1) is 6.92 Å². The number of rotatable bonds is 6. The molecule has 2 aromatic rings. The predicted molar refractivity (Wildman–Crippen MR) is 86.8 cm³/mol. The van der Waals surface area contributed by atoms with Gasteiger partial charge in [0.05, 0.1) is 23.7 Å². The number of nitrogens with zero attached hydrogens (tertiary/aromatic N) is 2. The zero-order valence-electron chi connectivity index (χ0n) is 13.6. The molecule has 1 atom stereocenters. The molecule has 1 aromatic carbocycles. The molecular formula is C16H24N4O2. The van der Waals surface area contributed by atoms with Crippen molar-refractivity contribution < 1.29 is 9.53 Å². The van der Waals surface area contributed by atoms with E-state index in [1.807, 2.05) is 26.0 Å². The number of fused-ring (bicyclic) bond motifs is 1. The second kappa shape index (κ2) is 7.26. The number of urea groups is 1. The number of methoxy groups -OCH3 is 1. The molecule has 0 aliphatic rings. The molecule has 0 bridgehead atoms. The number of ether oxygens (including phenoxy) is 1. The van der Waals surface area contributed by atoms with Gasteiger partial charge in [-0.25, -0.2) is 9.78 Å². The van der Waals surface area contributed by atoms with Crippen molar-refractivity contribution in [3.05, 3.63) is 29.6 Å². The molecule has 0 saturated heterocycles. The number of hydrogen-bond acceptors (Lipinski definition) is 3. The van der Waals surface area contributed by atoms with Crippen LogP contribution in [0.25, 0.3) is 11.0 Å². The molecule has 0 radical (unpaired) electrons. The second-order valence-electron chi connectivity index (χ2n) is 5.63. The van der Waals surface area contributed by atoms with Crippen LogP contribution in [0.5, 0.6) is 0 Å². The lowest BCUT2D eigenvalue weighted by atomic mass is 10.2. The van der Waals surface area contributed by atoms with Crippen molar-refractivity contribution in [2.24, 2.45) is 0 Å². The fraction of sp³-hybridized carbons (Fsp3) is 0.500. The van der Waals surface area contributed by atoms with E-state index in [2.05, 4.69) is 21.4 Å². The molecule has 1 heterocycles. The minimum Gasteiger partial charge on any atom is -0.382 e. The molecule has 120 valence electrons. The number of amides is 2. The van der Waals surface area contributed by atoms with E-state index in [0.717, 1.165) is 23.3 Å². The Bertz CT molecular complexity index is 638. The Labute approximate surface area is 130 Å². The summed E-state index contributed by atoms with van der Waals surface area (Å²) in [5.74, 6) is 0.781. The average Bonchev–Trinajstić information content (AvgIpc) is 2.87. The van der Waals surface area contributed by atoms with Gasteiger partial charge in [-0.3, -0.25) is 0 Å². The Morgan fingerprint density at radius 3 is 3.00 bits per heavy atom. The Morgan fingerprint density at radius 1 is 1.50 bits per heavy atom. The van der Waals surface area contributed by atoms with E-state index in [0.29, 0.717) is 13.1 Å². The molecule has 0 saturated carbocycles. The van der Waals surface area contributed by atoms with Gasteiger partial charge in [0, 0.05) is 20.7 Å². The fourth-order valence-corrected chi connectivity index (χ4v) is 2.18. The summed E-state index contributed by atoms with van der Waals surface area (Å²) in [5, 5.41) is 2.88. The highest BCUT2D eigenvalue weighted by molar-refractivity contribution is 5.76. The predicted octanol–water partition coefficient (Wildman–Crippen LogP) is 2.44. The van der Waals surface area contributed by atoms with Crippen molar-refractivity contribution in [1.29, 1.82) is 0 Å². The third-order valence-electron chi connectivity index (χ3n) is 3.65. The van der Waals surface area contributed by atoms with Crippen molar-refractivity contribution in [3.8, 4) is 0 Å². The third-order valence-corrected chi connectivity index (χ3v) is 3.65. The highest BCUT2D eigenvalue weighted by Gasteiger charge is 2.11. The van der Waals surface area contributed by atoms with Crippen LogP contribution in [0.1, 0.15) is 24.7 Å². The molecule has 2 amide bonds. The van der Waals surface area contributed by atoms with Crippen LogP contribution in [0.15, 0.2) is 18.2 Å². The van der Waals surface area contributed by atoms with E-state index in [4.69, 9.17) is 4.74 Å². The monoisotopic (exact) mass is 304 g/mol. The first-order chi connectivity index (χ1) is 10.5. The lowest BCUT2D eigenvalue weighted by Crippen LogP contribution is -2.38. The summed E-state index contributed by atoms with van der Waals surface area (Å²) in [7, 11) is 3.43. The summed E-state index contributed by atoms with van der Waals surface area (Å²) < 4.78 is 5.15. The molecule has 0 aliphatic carbocycles. The van der Waals surface area contributed by atoms with E-state index < -0.39 is 0 Å². The fourth-order valence-electron chi connectivity index (χ4n) is 2.18. The first-order valence-electron chi connectivity index (χ1n) is 7.46. The number of H-pyrrole nitrogens is 1. The maximum absolute atomic E-state index is 12.0. The maximum Gasteiger partial charge on any atom is 0.317 e. The molecule has 2 N–H and O–H groups in total. The van der Waals surface area contributed by atoms with Gasteiger partial charge in [0.1, 0.15) is 5.82 Å². The van der Waals surface area contributed by atoms with Crippen LogP contribution in [0.3, 0.4) is 0 Å². The van der Waals surface area contributed by atoms with Crippen molar-refractivity contribution in [2.75, 3.05) is 20.7 Å². The standard InChI is InChI=1S/C16H24N4O2/c1-11-5-6-13-14(9-11)19-15(18-13)10-20(3)16(21)17-8-7-12(2)22-4/h5-6,9,12H,7-8,10H2,1-4H3,(H,17,21)(H,18,19)/t12-/m1/s1. The maximum atomic E-state index is 12.0. The highest BCUT2D eigenvalue weighted by atomic mass is 16.5. The molecule has 0 spiro atoms. The van der Waals surface area contributed by atoms with Gasteiger partial charge in [-0.1, -0.05) is 6.07 Å². The normalized spacial score (nSPS) is 12.4. The number of imidazole rings is 1. The topological polar surface area (TPSA) is 70.2 Å². The molecule has 6 nitrogen and oxygen atoms in total. The minimum absolute atomic E-state index is 0.111. The molecule has 1 aromatic heterocycles. The van der Waals surface area contributed by atoms with Crippen molar-refractivity contribution in [3.63, 3.8) is 0 Å². The third kappa shape index (κ3) is 4.21. The van der Waals surface area contributed by atoms with E-state index in [9.17, 15) is 4.79 Å². The zero-order valence-corrected chi connectivity index (χ0v) is 13.6. The molecule has 0 fully saturated rings. The Kier molecular flexibility index (Phi) is 5.38. The quantitative estimate of drug-likeness (QED) is 0.861. The van der Waals surface area contributed by atoms with Gasteiger partial charge >= 0.3 is 6.03 Å². The summed E-state index contributed by atoms with van der Waals surface area (Å²) >= 11 is 0. The zero-order chi connectivity index (χ0) is 16.1. The van der Waals surface area contributed by atoms with E-state index >= 15 is 0 Å². The van der Waals surface area contributed by atoms with Gasteiger partial charge in [-0.05, 0) is 38.0 Å². The van der Waals surface area contributed by atoms with Gasteiger partial charge in [0.2, 0.25) is 0 Å². The van der Waals surface area contributed by atoms with Gasteiger partial charge in [-0.15, -0.1) is 0 Å². The number of carbonyl (C=O) groups excluding carboxylic acids is 1. The first kappa shape index (κ1) is 16.3. The van der Waals surface area contributed by atoms with E-state index in [1.54, 1.807) is 19.1 Å². The summed E-state index contributed by atoms with van der Waals surface area (Å²) in [4.78, 5) is 21.4. The van der Waals surface area contributed by atoms with Crippen LogP contribution in [0.4, 0.5) is 4.79 Å². The largest absolute Gasteiger partial charge is 0.382 e. The number of aromatic nitrogens is 2. The summed E-state index contributed by atoms with van der Waals surface area (Å²) in [6.45, 7) is 5.06. The number of nitrogens with one attached hydrogen (secondary N) is 2. The molecule has 2 rings (SSSR count). The number of aromatic amines is 1. The van der Waals surface area contributed by atoms with Crippen molar-refractivity contribution >= 4 is 17.1 Å². The van der Waals surface area contributed by atoms with Crippen molar-refractivity contribution in [2.45, 2.75) is 32.9 Å². The number of benzene rings is 1. The van der Waals surface area contributed by atoms with Gasteiger partial charge in [0.15, 0.2) is 0 Å².